The molecular formula is C65H41NO. The minimum Gasteiger partial charge on any atom is -0.455 e. The number of para-hydroxylation sites is 2. The highest BCUT2D eigenvalue weighted by molar-refractivity contribution is 6.18. The fourth-order valence-corrected chi connectivity index (χ4v) is 11.7. The monoisotopic (exact) mass is 851 g/mol. The van der Waals surface area contributed by atoms with Gasteiger partial charge < -0.3 is 9.32 Å². The quantitative estimate of drug-likeness (QED) is 0.166. The van der Waals surface area contributed by atoms with E-state index in [9.17, 15) is 0 Å². The highest BCUT2D eigenvalue weighted by Crippen LogP contribution is 2.66. The van der Waals surface area contributed by atoms with Crippen LogP contribution in [0.2, 0.25) is 0 Å². The van der Waals surface area contributed by atoms with Gasteiger partial charge in [0.25, 0.3) is 0 Å². The lowest BCUT2D eigenvalue weighted by Crippen LogP contribution is -2.26. The van der Waals surface area contributed by atoms with Crippen LogP contribution in [0.5, 0.6) is 0 Å². The average molecular weight is 852 g/mol. The number of anilines is 3. The molecule has 1 spiro atoms. The molecule has 1 atom stereocenters. The fraction of sp³-hybridized carbons (Fsp3) is 0.0154. The summed E-state index contributed by atoms with van der Waals surface area (Å²) in [6.45, 7) is 0. The molecule has 2 heteroatoms. The lowest BCUT2D eigenvalue weighted by Gasteiger charge is -2.32. The van der Waals surface area contributed by atoms with Crippen molar-refractivity contribution in [2.24, 2.45) is 0 Å². The van der Waals surface area contributed by atoms with Gasteiger partial charge in [0, 0.05) is 38.5 Å². The van der Waals surface area contributed by atoms with Gasteiger partial charge in [-0.25, -0.2) is 0 Å². The lowest BCUT2D eigenvalue weighted by molar-refractivity contribution is 0.674. The van der Waals surface area contributed by atoms with Crippen LogP contribution < -0.4 is 4.90 Å². The van der Waals surface area contributed by atoms with Crippen LogP contribution in [-0.4, -0.2) is 0 Å². The van der Waals surface area contributed by atoms with Gasteiger partial charge in [-0.3, -0.25) is 0 Å². The zero-order valence-electron chi connectivity index (χ0n) is 36.5. The molecule has 14 rings (SSSR count). The van der Waals surface area contributed by atoms with Crippen molar-refractivity contribution in [1.29, 1.82) is 0 Å². The Morgan fingerprint density at radius 2 is 0.791 bits per heavy atom. The maximum Gasteiger partial charge on any atom is 0.143 e. The van der Waals surface area contributed by atoms with Crippen molar-refractivity contribution in [3.63, 3.8) is 0 Å². The number of hydrogen-bond donors (Lipinski definition) is 0. The van der Waals surface area contributed by atoms with Crippen molar-refractivity contribution in [3.05, 3.63) is 271 Å². The Hall–Kier alpha value is -8.72. The molecule has 312 valence electrons. The summed E-state index contributed by atoms with van der Waals surface area (Å²) in [5.74, 6) is 0. The highest BCUT2D eigenvalue weighted by Gasteiger charge is 2.53. The van der Waals surface area contributed by atoms with Gasteiger partial charge in [-0.2, -0.15) is 0 Å². The van der Waals surface area contributed by atoms with Crippen LogP contribution in [0, 0.1) is 0 Å². The van der Waals surface area contributed by atoms with Crippen LogP contribution in [0.4, 0.5) is 17.1 Å². The van der Waals surface area contributed by atoms with Gasteiger partial charge in [0.2, 0.25) is 0 Å². The predicted molar refractivity (Wildman–Crippen MR) is 279 cm³/mol. The molecule has 1 unspecified atom stereocenters. The molecule has 1 heterocycles. The molecule has 11 aromatic carbocycles. The van der Waals surface area contributed by atoms with E-state index in [0.29, 0.717) is 0 Å². The van der Waals surface area contributed by atoms with Gasteiger partial charge in [0.1, 0.15) is 11.2 Å². The summed E-state index contributed by atoms with van der Waals surface area (Å²) in [4.78, 5) is 2.50. The van der Waals surface area contributed by atoms with E-state index in [2.05, 4.69) is 254 Å². The molecule has 12 aromatic rings. The minimum atomic E-state index is -0.538. The van der Waals surface area contributed by atoms with E-state index in [1.807, 2.05) is 0 Å². The fourth-order valence-electron chi connectivity index (χ4n) is 11.7. The van der Waals surface area contributed by atoms with E-state index in [4.69, 9.17) is 4.42 Å². The lowest BCUT2D eigenvalue weighted by atomic mass is 9.70. The first-order valence-electron chi connectivity index (χ1n) is 23.2. The highest BCUT2D eigenvalue weighted by atomic mass is 16.3. The van der Waals surface area contributed by atoms with Crippen molar-refractivity contribution < 1.29 is 4.42 Å². The second kappa shape index (κ2) is 14.7. The summed E-state index contributed by atoms with van der Waals surface area (Å²) >= 11 is 0. The molecule has 2 aliphatic rings. The number of hydrogen-bond acceptors (Lipinski definition) is 2. The van der Waals surface area contributed by atoms with Crippen LogP contribution >= 0.6 is 0 Å². The molecule has 0 aliphatic heterocycles. The first kappa shape index (κ1) is 37.6. The first-order chi connectivity index (χ1) is 33.3. The van der Waals surface area contributed by atoms with E-state index in [-0.39, 0.29) is 0 Å². The Kier molecular flexibility index (Phi) is 8.23. The molecule has 2 aliphatic carbocycles. The third kappa shape index (κ3) is 5.39. The van der Waals surface area contributed by atoms with Crippen molar-refractivity contribution in [2.45, 2.75) is 5.41 Å². The molecule has 0 bridgehead atoms. The van der Waals surface area contributed by atoms with Crippen LogP contribution in [-0.2, 0) is 5.41 Å². The Labute approximate surface area is 389 Å². The van der Waals surface area contributed by atoms with E-state index in [0.717, 1.165) is 55.5 Å². The van der Waals surface area contributed by atoms with Gasteiger partial charge in [0.05, 0.1) is 16.8 Å². The Bertz CT molecular complexity index is 3920. The van der Waals surface area contributed by atoms with Crippen molar-refractivity contribution in [3.8, 4) is 55.6 Å². The second-order valence-corrected chi connectivity index (χ2v) is 17.8. The SMILES string of the molecule is c1ccc(-c2ccc(N(c3ccccc3-c3cccc4c3oc3c5ccccc5ccc43)c3cccc4c3-c3ccccc3C43c4ccccc4-c4c(-c5ccccc5)cccc43)cc2)cc1. The average Bonchev–Trinajstić information content (AvgIpc) is 4.05. The minimum absolute atomic E-state index is 0.538. The summed E-state index contributed by atoms with van der Waals surface area (Å²) in [5.41, 5.74) is 21.8. The van der Waals surface area contributed by atoms with Gasteiger partial charge in [-0.15, -0.1) is 0 Å². The molecule has 0 saturated carbocycles. The molecule has 1 aromatic heterocycles. The number of fused-ring (bicyclic) bond motifs is 15. The largest absolute Gasteiger partial charge is 0.455 e. The van der Waals surface area contributed by atoms with Crippen molar-refractivity contribution in [1.82, 2.24) is 0 Å². The molecular weight excluding hydrogens is 811 g/mol. The van der Waals surface area contributed by atoms with Crippen LogP contribution in [0.1, 0.15) is 22.3 Å². The summed E-state index contributed by atoms with van der Waals surface area (Å²) in [5, 5.41) is 4.52. The van der Waals surface area contributed by atoms with Gasteiger partial charge in [-0.05, 0) is 96.9 Å². The Balaban J connectivity index is 1.05. The van der Waals surface area contributed by atoms with E-state index in [1.165, 1.54) is 72.1 Å². The smallest absolute Gasteiger partial charge is 0.143 e. The molecule has 67 heavy (non-hydrogen) atoms. The molecule has 0 N–H and O–H groups in total. The third-order valence-corrected chi connectivity index (χ3v) is 14.5. The molecule has 0 fully saturated rings. The first-order valence-corrected chi connectivity index (χ1v) is 23.2. The van der Waals surface area contributed by atoms with Gasteiger partial charge in [0.15, 0.2) is 0 Å². The maximum absolute atomic E-state index is 7.04. The van der Waals surface area contributed by atoms with E-state index < -0.39 is 5.41 Å². The normalized spacial score (nSPS) is 14.3. The van der Waals surface area contributed by atoms with Crippen LogP contribution in [0.15, 0.2) is 253 Å². The van der Waals surface area contributed by atoms with Gasteiger partial charge in [-0.1, -0.05) is 218 Å². The van der Waals surface area contributed by atoms with Gasteiger partial charge >= 0.3 is 0 Å². The maximum atomic E-state index is 7.04. The predicted octanol–water partition coefficient (Wildman–Crippen LogP) is 17.6. The molecule has 2 nitrogen and oxygen atoms in total. The van der Waals surface area contributed by atoms with Crippen LogP contribution in [0.25, 0.3) is 88.3 Å². The molecule has 0 amide bonds. The number of nitrogens with zero attached hydrogens (tertiary/aromatic N) is 1. The zero-order chi connectivity index (χ0) is 44.1. The number of rotatable bonds is 6. The van der Waals surface area contributed by atoms with E-state index in [1.54, 1.807) is 0 Å². The summed E-state index contributed by atoms with van der Waals surface area (Å²) in [6, 6.07) is 91.2. The number of furan rings is 1. The van der Waals surface area contributed by atoms with Crippen LogP contribution in [0.3, 0.4) is 0 Å². The molecule has 0 radical (unpaired) electrons. The second-order valence-electron chi connectivity index (χ2n) is 17.8. The molecule has 0 saturated heterocycles. The van der Waals surface area contributed by atoms with Crippen molar-refractivity contribution in [2.75, 3.05) is 4.90 Å². The Morgan fingerprint density at radius 1 is 0.284 bits per heavy atom. The Morgan fingerprint density at radius 3 is 1.57 bits per heavy atom. The topological polar surface area (TPSA) is 16.4 Å². The zero-order valence-corrected chi connectivity index (χ0v) is 36.5. The third-order valence-electron chi connectivity index (χ3n) is 14.5. The summed E-state index contributed by atoms with van der Waals surface area (Å²) in [6.07, 6.45) is 0. The standard InChI is InChI=1S/C65H41NO/c1-3-18-42(19-4-1)43-36-39-46(40-37-43)66(59-34-14-11-24-49(59)50-28-15-29-51-52-41-38-45-22-7-8-23-48(45)63(52)67-64(50)51)60-35-17-33-58-62(60)54-26-10-13-31-56(54)65(58)55-30-12-9-25-53(55)61-47(27-16-32-57(61)65)44-20-5-2-6-21-44/h1-41H. The summed E-state index contributed by atoms with van der Waals surface area (Å²) in [7, 11) is 0. The van der Waals surface area contributed by atoms with Crippen molar-refractivity contribution >= 4 is 49.8 Å². The number of benzene rings is 11. The van der Waals surface area contributed by atoms with E-state index >= 15 is 0 Å². The summed E-state index contributed by atoms with van der Waals surface area (Å²) < 4.78 is 7.04.